The van der Waals surface area contributed by atoms with E-state index in [4.69, 9.17) is 10.5 Å². The first-order valence-electron chi connectivity index (χ1n) is 7.81. The molecule has 0 amide bonds. The fourth-order valence-corrected chi connectivity index (χ4v) is 5.43. The fraction of sp³-hybridized carbons (Fsp3) is 0.500. The number of anilines is 1. The number of nitrogen functional groups attached to an aromatic ring is 1. The maximum Gasteiger partial charge on any atom is 1.00 e. The van der Waals surface area contributed by atoms with Crippen molar-refractivity contribution < 1.29 is 179 Å². The zero-order chi connectivity index (χ0) is 23.2. The molecule has 1 fully saturated rings. The molecule has 2 unspecified atom stereocenters. The number of nitrogens with two attached hydrogens (primary N) is 1. The Balaban J connectivity index is 0. The van der Waals surface area contributed by atoms with Crippen molar-refractivity contribution in [2.75, 3.05) is 12.3 Å². The van der Waals surface area contributed by atoms with Gasteiger partial charge in [0.1, 0.15) is 24.1 Å². The Morgan fingerprint density at radius 1 is 1.06 bits per heavy atom. The molecule has 0 spiro atoms. The summed E-state index contributed by atoms with van der Waals surface area (Å²) >= 11 is 0. The molecule has 17 nitrogen and oxygen atoms in total. The standard InChI is InChI=1S/C10H15FN5O12P3.4Na/c11-5-7(17)4(1-25-30(21,22)28-31(23,24)27-29(18,19)20)26-10(5)16-3-15-6-8(12)13-2-14-9(6)16;;;;/h2-5,7,10,17H,1H2,(H,21,22)(H,23,24)(H2,12,13,14)(H2,18,19,20);;;;/q;4*+1/p-4/t4-,5-,7-,10-;;;;/m1..../s1. The Morgan fingerprint density at radius 2 is 1.66 bits per heavy atom. The number of alkyl halides is 1. The van der Waals surface area contributed by atoms with E-state index in [1.54, 1.807) is 0 Å². The molecule has 0 aliphatic carbocycles. The van der Waals surface area contributed by atoms with Crippen molar-refractivity contribution in [3.63, 3.8) is 0 Å². The van der Waals surface area contributed by atoms with Gasteiger partial charge in [0.25, 0.3) is 15.6 Å². The zero-order valence-corrected chi connectivity index (χ0v) is 29.4. The molecule has 25 heteroatoms. The predicted molar refractivity (Wildman–Crippen MR) is 85.5 cm³/mol. The molecule has 6 atom stereocenters. The van der Waals surface area contributed by atoms with Gasteiger partial charge in [0.2, 0.25) is 0 Å². The molecule has 0 bridgehead atoms. The van der Waals surface area contributed by atoms with Gasteiger partial charge in [-0.1, -0.05) is 0 Å². The number of nitrogens with zero attached hydrogens (tertiary/aromatic N) is 4. The predicted octanol–water partition coefficient (Wildman–Crippen LogP) is -15.2. The van der Waals surface area contributed by atoms with Gasteiger partial charge in [-0.15, -0.1) is 0 Å². The minimum atomic E-state index is -6.16. The van der Waals surface area contributed by atoms with Crippen molar-refractivity contribution >= 4 is 40.4 Å². The second kappa shape index (κ2) is 15.6. The number of hydrogen-bond acceptors (Lipinski definition) is 16. The molecule has 2 aromatic heterocycles. The van der Waals surface area contributed by atoms with Crippen LogP contribution in [0.2, 0.25) is 0 Å². The van der Waals surface area contributed by atoms with Crippen molar-refractivity contribution in [2.24, 2.45) is 0 Å². The van der Waals surface area contributed by atoms with Crippen LogP contribution in [0.4, 0.5) is 10.2 Å². The summed E-state index contributed by atoms with van der Waals surface area (Å²) < 4.78 is 64.3. The Kier molecular flexibility index (Phi) is 17.7. The quantitative estimate of drug-likeness (QED) is 0.211. The monoisotopic (exact) mass is 597 g/mol. The van der Waals surface area contributed by atoms with Crippen molar-refractivity contribution in [3.8, 4) is 0 Å². The average Bonchev–Trinajstić information content (AvgIpc) is 3.13. The summed E-state index contributed by atoms with van der Waals surface area (Å²) in [4.78, 5) is 54.7. The summed E-state index contributed by atoms with van der Waals surface area (Å²) in [6.07, 6.45) is -5.18. The number of ether oxygens (including phenoxy) is 1. The molecule has 35 heavy (non-hydrogen) atoms. The molecule has 174 valence electrons. The van der Waals surface area contributed by atoms with E-state index in [9.17, 15) is 42.8 Å². The van der Waals surface area contributed by atoms with Crippen LogP contribution >= 0.6 is 23.5 Å². The fourth-order valence-electron chi connectivity index (χ4n) is 2.57. The molecule has 0 saturated carbocycles. The number of aromatic nitrogens is 4. The van der Waals surface area contributed by atoms with Crippen LogP contribution in [-0.2, 0) is 31.6 Å². The number of aliphatic hydroxyl groups is 1. The van der Waals surface area contributed by atoms with E-state index >= 15 is 0 Å². The SMILES string of the molecule is Nc1ncnc2c1ncn2[C@@H]1O[C@H](COP(=O)([O-])OP(=O)([O-])OP(=O)([O-])[O-])[C@@H](O)[C@H]1F.[Na+].[Na+].[Na+].[Na+]. The van der Waals surface area contributed by atoms with Crippen LogP contribution < -0.4 is 144 Å². The summed E-state index contributed by atoms with van der Waals surface area (Å²) in [5.41, 5.74) is 5.76. The second-order valence-electron chi connectivity index (χ2n) is 5.88. The van der Waals surface area contributed by atoms with Crippen LogP contribution in [0.1, 0.15) is 6.23 Å². The van der Waals surface area contributed by atoms with Gasteiger partial charge in [-0.2, -0.15) is 0 Å². The van der Waals surface area contributed by atoms with E-state index in [0.29, 0.717) is 0 Å². The Bertz CT molecular complexity index is 1130. The molecule has 1 aliphatic heterocycles. The summed E-state index contributed by atoms with van der Waals surface area (Å²) in [6.45, 7) is -1.16. The minimum absolute atomic E-state index is 0. The van der Waals surface area contributed by atoms with Gasteiger partial charge in [-0.05, 0) is 0 Å². The first-order chi connectivity index (χ1) is 14.2. The topological polar surface area (TPSA) is 270 Å². The molecule has 1 aliphatic rings. The number of aliphatic hydroxyl groups excluding tert-OH is 1. The van der Waals surface area contributed by atoms with Gasteiger partial charge < -0.3 is 44.2 Å². The molecule has 0 aromatic carbocycles. The minimum Gasteiger partial charge on any atom is -0.790 e. The zero-order valence-electron chi connectivity index (χ0n) is 18.7. The Morgan fingerprint density at radius 3 is 2.23 bits per heavy atom. The van der Waals surface area contributed by atoms with Crippen molar-refractivity contribution in [2.45, 2.75) is 24.6 Å². The molecule has 1 saturated heterocycles. The average molecular weight is 597 g/mol. The van der Waals surface area contributed by atoms with Gasteiger partial charge in [0.05, 0.1) is 20.8 Å². The van der Waals surface area contributed by atoms with Crippen LogP contribution in [0.3, 0.4) is 0 Å². The third kappa shape index (κ3) is 10.8. The molecule has 0 radical (unpaired) electrons. The molecule has 3 N–H and O–H groups in total. The van der Waals surface area contributed by atoms with Crippen molar-refractivity contribution in [1.82, 2.24) is 19.5 Å². The Labute approximate surface area is 284 Å². The number of phosphoric ester groups is 1. The first kappa shape index (κ1) is 39.8. The van der Waals surface area contributed by atoms with E-state index in [1.807, 2.05) is 0 Å². The summed E-state index contributed by atoms with van der Waals surface area (Å²) in [5, 5.41) is 9.97. The third-order valence-corrected chi connectivity index (χ3v) is 7.42. The summed E-state index contributed by atoms with van der Waals surface area (Å²) in [7, 11) is -18.2. The maximum absolute atomic E-state index is 14.6. The van der Waals surface area contributed by atoms with Crippen LogP contribution in [0, 0.1) is 0 Å². The van der Waals surface area contributed by atoms with E-state index in [-0.39, 0.29) is 135 Å². The second-order valence-corrected chi connectivity index (χ2v) is 10.1. The molecule has 2 aromatic rings. The van der Waals surface area contributed by atoms with Crippen LogP contribution in [0.25, 0.3) is 11.2 Å². The summed E-state index contributed by atoms with van der Waals surface area (Å²) in [6, 6.07) is 0. The number of imidazole rings is 1. The van der Waals surface area contributed by atoms with E-state index < -0.39 is 54.7 Å². The van der Waals surface area contributed by atoms with Crippen molar-refractivity contribution in [1.29, 1.82) is 0 Å². The largest absolute Gasteiger partial charge is 1.00 e. The van der Waals surface area contributed by atoms with Crippen LogP contribution in [0.5, 0.6) is 0 Å². The van der Waals surface area contributed by atoms with E-state index in [2.05, 4.69) is 28.1 Å². The summed E-state index contributed by atoms with van der Waals surface area (Å²) in [5.74, 6) is -0.0213. The first-order valence-corrected chi connectivity index (χ1v) is 12.2. The van der Waals surface area contributed by atoms with Gasteiger partial charge in [0, 0.05) is 0 Å². The normalized spacial score (nSPS) is 25.2. The number of fused-ring (bicyclic) bond motifs is 1. The van der Waals surface area contributed by atoms with Crippen LogP contribution in [-0.4, -0.2) is 49.6 Å². The number of rotatable bonds is 8. The molecular formula is C10H11FN5Na4O12P3. The molecule has 3 rings (SSSR count). The van der Waals surface area contributed by atoms with Gasteiger partial charge in [0.15, 0.2) is 23.9 Å². The Hall–Kier alpha value is 2.61. The van der Waals surface area contributed by atoms with Gasteiger partial charge in [-0.3, -0.25) is 18.0 Å². The van der Waals surface area contributed by atoms with Gasteiger partial charge >= 0.3 is 118 Å². The molecule has 3 heterocycles. The molecular weight excluding hydrogens is 586 g/mol. The van der Waals surface area contributed by atoms with Gasteiger partial charge in [-0.25, -0.2) is 23.7 Å². The number of phosphoric acid groups is 3. The smallest absolute Gasteiger partial charge is 0.790 e. The van der Waals surface area contributed by atoms with E-state index in [1.165, 1.54) is 0 Å². The maximum atomic E-state index is 14.6. The number of halogens is 1. The van der Waals surface area contributed by atoms with E-state index in [0.717, 1.165) is 17.2 Å². The third-order valence-electron chi connectivity index (χ3n) is 3.75. The van der Waals surface area contributed by atoms with Crippen LogP contribution in [0.15, 0.2) is 12.7 Å². The number of hydrogen-bond donors (Lipinski definition) is 2. The van der Waals surface area contributed by atoms with Crippen molar-refractivity contribution in [3.05, 3.63) is 12.7 Å².